The number of likely N-dealkylation sites (N-methyl/N-ethyl adjacent to an activating group) is 1. The molecule has 2 rings (SSSR count). The van der Waals surface area contributed by atoms with Gasteiger partial charge in [0.2, 0.25) is 5.91 Å². The van der Waals surface area contributed by atoms with Gasteiger partial charge in [-0.1, -0.05) is 6.07 Å². The lowest BCUT2D eigenvalue weighted by atomic mass is 10.1. The van der Waals surface area contributed by atoms with Crippen LogP contribution in [0.2, 0.25) is 0 Å². The first-order chi connectivity index (χ1) is 11.4. The third-order valence-electron chi connectivity index (χ3n) is 4.28. The van der Waals surface area contributed by atoms with Crippen molar-refractivity contribution in [2.45, 2.75) is 26.8 Å². The molecule has 0 bridgehead atoms. The number of methoxy groups -OCH3 is 2. The maximum atomic E-state index is 12.5. The number of hydrogen-bond acceptors (Lipinski definition) is 4. The van der Waals surface area contributed by atoms with Crippen LogP contribution in [0.4, 0.5) is 0 Å². The van der Waals surface area contributed by atoms with Crippen molar-refractivity contribution in [2.24, 2.45) is 7.05 Å². The average molecular weight is 331 g/mol. The fourth-order valence-electron chi connectivity index (χ4n) is 2.70. The van der Waals surface area contributed by atoms with Gasteiger partial charge in [0.05, 0.1) is 26.3 Å². The Hall–Kier alpha value is -2.50. The fraction of sp³-hybridized carbons (Fsp3) is 0.444. The van der Waals surface area contributed by atoms with Crippen molar-refractivity contribution in [3.63, 3.8) is 0 Å². The number of ether oxygens (including phenoxy) is 2. The third kappa shape index (κ3) is 3.69. The zero-order valence-corrected chi connectivity index (χ0v) is 15.2. The van der Waals surface area contributed by atoms with E-state index in [0.717, 1.165) is 22.5 Å². The number of hydrogen-bond donors (Lipinski definition) is 0. The Kier molecular flexibility index (Phi) is 5.49. The maximum Gasteiger partial charge on any atom is 0.227 e. The van der Waals surface area contributed by atoms with Crippen molar-refractivity contribution < 1.29 is 14.3 Å². The van der Waals surface area contributed by atoms with Gasteiger partial charge in [0.1, 0.15) is 0 Å². The largest absolute Gasteiger partial charge is 0.493 e. The molecule has 1 heterocycles. The van der Waals surface area contributed by atoms with Crippen molar-refractivity contribution in [1.29, 1.82) is 0 Å². The molecule has 2 aromatic rings. The number of rotatable bonds is 6. The maximum absolute atomic E-state index is 12.5. The second-order valence-corrected chi connectivity index (χ2v) is 5.89. The highest BCUT2D eigenvalue weighted by atomic mass is 16.5. The summed E-state index contributed by atoms with van der Waals surface area (Å²) in [6.45, 7) is 4.43. The lowest BCUT2D eigenvalue weighted by Gasteiger charge is -2.18. The molecule has 24 heavy (non-hydrogen) atoms. The molecule has 0 aliphatic rings. The van der Waals surface area contributed by atoms with E-state index in [1.165, 1.54) is 0 Å². The highest BCUT2D eigenvalue weighted by Gasteiger charge is 2.17. The van der Waals surface area contributed by atoms with E-state index in [-0.39, 0.29) is 5.91 Å². The summed E-state index contributed by atoms with van der Waals surface area (Å²) in [5.74, 6) is 1.40. The van der Waals surface area contributed by atoms with Crippen LogP contribution in [0.25, 0.3) is 0 Å². The molecule has 0 aliphatic carbocycles. The fourth-order valence-corrected chi connectivity index (χ4v) is 2.70. The first-order valence-electron chi connectivity index (χ1n) is 7.81. The molecule has 0 aliphatic heterocycles. The Balaban J connectivity index is 2.09. The van der Waals surface area contributed by atoms with Crippen LogP contribution < -0.4 is 9.47 Å². The molecule has 0 radical (unpaired) electrons. The number of carbonyl (C=O) groups excluding carboxylic acids is 1. The van der Waals surface area contributed by atoms with Crippen molar-refractivity contribution in [1.82, 2.24) is 14.7 Å². The minimum Gasteiger partial charge on any atom is -0.493 e. The summed E-state index contributed by atoms with van der Waals surface area (Å²) in [6, 6.07) is 5.68. The Bertz CT molecular complexity index is 737. The molecular weight excluding hydrogens is 306 g/mol. The predicted octanol–water partition coefficient (Wildman–Crippen LogP) is 2.26. The molecule has 0 atom stereocenters. The molecule has 130 valence electrons. The van der Waals surface area contributed by atoms with E-state index in [0.29, 0.717) is 24.5 Å². The molecule has 0 saturated heterocycles. The van der Waals surface area contributed by atoms with Gasteiger partial charge in [-0.3, -0.25) is 9.48 Å². The number of carbonyl (C=O) groups is 1. The molecule has 6 heteroatoms. The number of benzene rings is 1. The summed E-state index contributed by atoms with van der Waals surface area (Å²) in [7, 11) is 6.90. The lowest BCUT2D eigenvalue weighted by molar-refractivity contribution is -0.129. The van der Waals surface area contributed by atoms with Gasteiger partial charge >= 0.3 is 0 Å². The summed E-state index contributed by atoms with van der Waals surface area (Å²) in [5, 5.41) is 4.36. The normalized spacial score (nSPS) is 10.6. The van der Waals surface area contributed by atoms with Gasteiger partial charge in [-0.15, -0.1) is 0 Å². The van der Waals surface area contributed by atoms with Gasteiger partial charge in [-0.2, -0.15) is 5.10 Å². The number of aryl methyl sites for hydroxylation is 2. The molecule has 0 spiro atoms. The topological polar surface area (TPSA) is 56.6 Å². The SMILES string of the molecule is COc1ccc(CN(C)C(=O)Cc2c(C)nn(C)c2C)cc1OC. The first kappa shape index (κ1) is 17.8. The smallest absolute Gasteiger partial charge is 0.227 e. The van der Waals surface area contributed by atoms with Crippen molar-refractivity contribution >= 4 is 5.91 Å². The zero-order valence-electron chi connectivity index (χ0n) is 15.2. The summed E-state index contributed by atoms with van der Waals surface area (Å²) >= 11 is 0. The minimum atomic E-state index is 0.0592. The van der Waals surface area contributed by atoms with Gasteiger partial charge in [0, 0.05) is 31.9 Å². The Morgan fingerprint density at radius 2 is 1.88 bits per heavy atom. The van der Waals surface area contributed by atoms with Crippen LogP contribution in [-0.2, 0) is 24.8 Å². The highest BCUT2D eigenvalue weighted by Crippen LogP contribution is 2.28. The van der Waals surface area contributed by atoms with E-state index < -0.39 is 0 Å². The van der Waals surface area contributed by atoms with E-state index in [9.17, 15) is 4.79 Å². The van der Waals surface area contributed by atoms with Crippen LogP contribution >= 0.6 is 0 Å². The molecule has 0 N–H and O–H groups in total. The van der Waals surface area contributed by atoms with Crippen LogP contribution in [-0.4, -0.2) is 41.9 Å². The summed E-state index contributed by atoms with van der Waals surface area (Å²) in [4.78, 5) is 14.3. The van der Waals surface area contributed by atoms with E-state index >= 15 is 0 Å². The molecule has 1 aromatic heterocycles. The molecule has 1 aromatic carbocycles. The van der Waals surface area contributed by atoms with Crippen molar-refractivity contribution in [2.75, 3.05) is 21.3 Å². The van der Waals surface area contributed by atoms with Gasteiger partial charge in [0.15, 0.2) is 11.5 Å². The Labute approximate surface area is 143 Å². The van der Waals surface area contributed by atoms with E-state index in [1.54, 1.807) is 26.2 Å². The van der Waals surface area contributed by atoms with E-state index in [1.807, 2.05) is 43.8 Å². The minimum absolute atomic E-state index is 0.0592. The Morgan fingerprint density at radius 1 is 1.21 bits per heavy atom. The van der Waals surface area contributed by atoms with Crippen LogP contribution in [0, 0.1) is 13.8 Å². The standard InChI is InChI=1S/C18H25N3O3/c1-12-15(13(2)21(4)19-12)10-18(22)20(3)11-14-7-8-16(23-5)17(9-14)24-6/h7-9H,10-11H2,1-6H3. The van der Waals surface area contributed by atoms with Crippen LogP contribution in [0.5, 0.6) is 11.5 Å². The summed E-state index contributed by atoms with van der Waals surface area (Å²) < 4.78 is 12.4. The van der Waals surface area contributed by atoms with Crippen LogP contribution in [0.15, 0.2) is 18.2 Å². The molecule has 6 nitrogen and oxygen atoms in total. The molecule has 0 fully saturated rings. The average Bonchev–Trinajstić information content (AvgIpc) is 2.80. The van der Waals surface area contributed by atoms with Gasteiger partial charge in [0.25, 0.3) is 0 Å². The summed E-state index contributed by atoms with van der Waals surface area (Å²) in [5.41, 5.74) is 3.92. The van der Waals surface area contributed by atoms with E-state index in [2.05, 4.69) is 5.10 Å². The van der Waals surface area contributed by atoms with Gasteiger partial charge < -0.3 is 14.4 Å². The molecule has 1 amide bonds. The second kappa shape index (κ2) is 7.38. The van der Waals surface area contributed by atoms with E-state index in [4.69, 9.17) is 9.47 Å². The molecular formula is C18H25N3O3. The third-order valence-corrected chi connectivity index (χ3v) is 4.28. The Morgan fingerprint density at radius 3 is 2.42 bits per heavy atom. The second-order valence-electron chi connectivity index (χ2n) is 5.89. The van der Waals surface area contributed by atoms with Crippen molar-refractivity contribution in [3.05, 3.63) is 40.7 Å². The number of amides is 1. The van der Waals surface area contributed by atoms with Gasteiger partial charge in [-0.25, -0.2) is 0 Å². The molecule has 0 saturated carbocycles. The molecule has 0 unspecified atom stereocenters. The van der Waals surface area contributed by atoms with Crippen molar-refractivity contribution in [3.8, 4) is 11.5 Å². The van der Waals surface area contributed by atoms with Crippen LogP contribution in [0.1, 0.15) is 22.5 Å². The first-order valence-corrected chi connectivity index (χ1v) is 7.81. The highest BCUT2D eigenvalue weighted by molar-refractivity contribution is 5.79. The lowest BCUT2D eigenvalue weighted by Crippen LogP contribution is -2.28. The number of aromatic nitrogens is 2. The van der Waals surface area contributed by atoms with Crippen LogP contribution in [0.3, 0.4) is 0 Å². The quantitative estimate of drug-likeness (QED) is 0.815. The predicted molar refractivity (Wildman–Crippen MR) is 92.4 cm³/mol. The zero-order chi connectivity index (χ0) is 17.9. The van der Waals surface area contributed by atoms with Gasteiger partial charge in [-0.05, 0) is 31.5 Å². The monoisotopic (exact) mass is 331 g/mol. The number of nitrogens with zero attached hydrogens (tertiary/aromatic N) is 3. The summed E-state index contributed by atoms with van der Waals surface area (Å²) in [6.07, 6.45) is 0.356.